The normalized spacial score (nSPS) is 37.2. The van der Waals surface area contributed by atoms with Crippen molar-refractivity contribution in [2.75, 3.05) is 33.7 Å². The SMILES string of the molecule is C[NH+]1CCC([NH+](C)C[C@@H]2CC=CCC2)CC1. The first-order chi connectivity index (χ1) is 7.75. The van der Waals surface area contributed by atoms with Crippen molar-refractivity contribution < 1.29 is 9.80 Å². The lowest BCUT2D eigenvalue weighted by atomic mass is 9.93. The van der Waals surface area contributed by atoms with Gasteiger partial charge >= 0.3 is 0 Å². The quantitative estimate of drug-likeness (QED) is 0.600. The Balaban J connectivity index is 1.74. The van der Waals surface area contributed by atoms with Gasteiger partial charge in [0.25, 0.3) is 0 Å². The van der Waals surface area contributed by atoms with Gasteiger partial charge in [0.1, 0.15) is 0 Å². The second-order valence-electron chi connectivity index (χ2n) is 5.93. The standard InChI is InChI=1S/C14H26N2/c1-15-10-8-14(9-11-15)16(2)12-13-6-4-3-5-7-13/h3-4,13-14H,5-12H2,1-2H3/p+2/t13-/m1/s1. The van der Waals surface area contributed by atoms with Gasteiger partial charge in [-0.15, -0.1) is 0 Å². The molecule has 2 nitrogen and oxygen atoms in total. The first kappa shape index (κ1) is 12.1. The number of rotatable bonds is 3. The van der Waals surface area contributed by atoms with E-state index in [-0.39, 0.29) is 0 Å². The van der Waals surface area contributed by atoms with Crippen molar-refractivity contribution in [2.24, 2.45) is 5.92 Å². The van der Waals surface area contributed by atoms with Gasteiger partial charge in [-0.25, -0.2) is 0 Å². The minimum atomic E-state index is 0.939. The predicted octanol–water partition coefficient (Wildman–Crippen LogP) is -0.465. The highest BCUT2D eigenvalue weighted by Gasteiger charge is 2.27. The molecule has 0 amide bonds. The molecule has 0 aromatic carbocycles. The molecule has 1 unspecified atom stereocenters. The monoisotopic (exact) mass is 224 g/mol. The highest BCUT2D eigenvalue weighted by molar-refractivity contribution is 4.89. The van der Waals surface area contributed by atoms with Crippen molar-refractivity contribution in [1.82, 2.24) is 0 Å². The van der Waals surface area contributed by atoms with Crippen LogP contribution in [-0.2, 0) is 0 Å². The van der Waals surface area contributed by atoms with Crippen LogP contribution in [0.15, 0.2) is 12.2 Å². The lowest BCUT2D eigenvalue weighted by Gasteiger charge is -2.32. The van der Waals surface area contributed by atoms with Crippen LogP contribution in [0.3, 0.4) is 0 Å². The Morgan fingerprint density at radius 1 is 1.19 bits per heavy atom. The topological polar surface area (TPSA) is 8.88 Å². The fraction of sp³-hybridized carbons (Fsp3) is 0.857. The van der Waals surface area contributed by atoms with Gasteiger partial charge in [0, 0.05) is 18.8 Å². The van der Waals surface area contributed by atoms with E-state index in [9.17, 15) is 0 Å². The summed E-state index contributed by atoms with van der Waals surface area (Å²) in [6, 6.07) is 0.939. The maximum Gasteiger partial charge on any atom is 0.0981 e. The number of hydrogen-bond acceptors (Lipinski definition) is 0. The van der Waals surface area contributed by atoms with E-state index in [1.165, 1.54) is 51.7 Å². The third-order valence-corrected chi connectivity index (χ3v) is 4.52. The van der Waals surface area contributed by atoms with E-state index < -0.39 is 0 Å². The van der Waals surface area contributed by atoms with Crippen LogP contribution in [0, 0.1) is 5.92 Å². The highest BCUT2D eigenvalue weighted by Crippen LogP contribution is 2.16. The summed E-state index contributed by atoms with van der Waals surface area (Å²) in [6.45, 7) is 4.16. The van der Waals surface area contributed by atoms with Crippen molar-refractivity contribution in [3.05, 3.63) is 12.2 Å². The molecule has 2 atom stereocenters. The molecule has 0 aromatic rings. The molecule has 1 fully saturated rings. The summed E-state index contributed by atoms with van der Waals surface area (Å²) in [5, 5.41) is 0. The van der Waals surface area contributed by atoms with Gasteiger partial charge < -0.3 is 9.80 Å². The Morgan fingerprint density at radius 3 is 2.56 bits per heavy atom. The van der Waals surface area contributed by atoms with Gasteiger partial charge in [0.2, 0.25) is 0 Å². The number of allylic oxidation sites excluding steroid dienone is 2. The minimum Gasteiger partial charge on any atom is -0.337 e. The maximum absolute atomic E-state index is 2.42. The molecular formula is C14H28N2+2. The van der Waals surface area contributed by atoms with E-state index in [2.05, 4.69) is 26.2 Å². The lowest BCUT2D eigenvalue weighted by Crippen LogP contribution is -3.18. The van der Waals surface area contributed by atoms with Crippen molar-refractivity contribution in [1.29, 1.82) is 0 Å². The second kappa shape index (κ2) is 5.83. The fourth-order valence-electron chi connectivity index (χ4n) is 3.27. The molecule has 16 heavy (non-hydrogen) atoms. The van der Waals surface area contributed by atoms with Gasteiger partial charge in [0.05, 0.1) is 39.8 Å². The number of piperidine rings is 1. The van der Waals surface area contributed by atoms with E-state index in [1.807, 2.05) is 0 Å². The zero-order chi connectivity index (χ0) is 11.4. The van der Waals surface area contributed by atoms with Crippen LogP contribution in [0.5, 0.6) is 0 Å². The number of nitrogens with one attached hydrogen (secondary N) is 2. The molecule has 2 N–H and O–H groups in total. The summed E-state index contributed by atoms with van der Waals surface area (Å²) in [5.41, 5.74) is 0. The Morgan fingerprint density at radius 2 is 1.94 bits per heavy atom. The van der Waals surface area contributed by atoms with Crippen LogP contribution in [-0.4, -0.2) is 39.8 Å². The zero-order valence-electron chi connectivity index (χ0n) is 11.0. The van der Waals surface area contributed by atoms with Crippen molar-refractivity contribution in [3.63, 3.8) is 0 Å². The number of hydrogen-bond donors (Lipinski definition) is 2. The molecule has 2 aliphatic rings. The second-order valence-corrected chi connectivity index (χ2v) is 5.93. The molecule has 1 aliphatic carbocycles. The summed E-state index contributed by atoms with van der Waals surface area (Å²) in [7, 11) is 4.75. The van der Waals surface area contributed by atoms with Crippen LogP contribution >= 0.6 is 0 Å². The number of likely N-dealkylation sites (tertiary alicyclic amines) is 1. The van der Waals surface area contributed by atoms with E-state index in [0.29, 0.717) is 0 Å². The van der Waals surface area contributed by atoms with Crippen LogP contribution in [0.4, 0.5) is 0 Å². The highest BCUT2D eigenvalue weighted by atomic mass is 15.2. The van der Waals surface area contributed by atoms with E-state index >= 15 is 0 Å². The Labute approximate surface area is 100 Å². The predicted molar refractivity (Wildman–Crippen MR) is 67.9 cm³/mol. The van der Waals surface area contributed by atoms with Crippen molar-refractivity contribution in [2.45, 2.75) is 38.1 Å². The van der Waals surface area contributed by atoms with Gasteiger partial charge in [0.15, 0.2) is 0 Å². The zero-order valence-corrected chi connectivity index (χ0v) is 11.0. The molecular weight excluding hydrogens is 196 g/mol. The number of quaternary nitrogens is 2. The van der Waals surface area contributed by atoms with Gasteiger partial charge in [-0.1, -0.05) is 12.2 Å². The summed E-state index contributed by atoms with van der Waals surface area (Å²) in [5.74, 6) is 0.956. The van der Waals surface area contributed by atoms with Gasteiger partial charge in [-0.3, -0.25) is 0 Å². The van der Waals surface area contributed by atoms with Crippen molar-refractivity contribution in [3.8, 4) is 0 Å². The first-order valence-electron chi connectivity index (χ1n) is 7.04. The molecule has 1 aliphatic heterocycles. The molecule has 0 bridgehead atoms. The molecule has 92 valence electrons. The third kappa shape index (κ3) is 3.33. The van der Waals surface area contributed by atoms with Crippen LogP contribution in [0.2, 0.25) is 0 Å². The molecule has 2 heteroatoms. The molecule has 0 aromatic heterocycles. The van der Waals surface area contributed by atoms with Gasteiger partial charge in [-0.2, -0.15) is 0 Å². The van der Waals surface area contributed by atoms with Crippen LogP contribution < -0.4 is 9.80 Å². The van der Waals surface area contributed by atoms with Crippen LogP contribution in [0.1, 0.15) is 32.1 Å². The minimum absolute atomic E-state index is 0.939. The molecule has 1 saturated heterocycles. The van der Waals surface area contributed by atoms with Crippen molar-refractivity contribution >= 4 is 0 Å². The molecule has 1 heterocycles. The summed E-state index contributed by atoms with van der Waals surface area (Å²) in [4.78, 5) is 3.53. The summed E-state index contributed by atoms with van der Waals surface area (Å²) in [6.07, 6.45) is 11.7. The molecule has 0 spiro atoms. The maximum atomic E-state index is 2.42. The van der Waals surface area contributed by atoms with E-state index in [0.717, 1.165) is 12.0 Å². The summed E-state index contributed by atoms with van der Waals surface area (Å²) < 4.78 is 0. The molecule has 2 rings (SSSR count). The molecule has 0 radical (unpaired) electrons. The Hall–Kier alpha value is -0.340. The summed E-state index contributed by atoms with van der Waals surface area (Å²) >= 11 is 0. The lowest BCUT2D eigenvalue weighted by molar-refractivity contribution is -0.941. The van der Waals surface area contributed by atoms with Gasteiger partial charge in [-0.05, 0) is 19.3 Å². The Bertz CT molecular complexity index is 229. The van der Waals surface area contributed by atoms with Crippen LogP contribution in [0.25, 0.3) is 0 Å². The molecule has 0 saturated carbocycles. The average molecular weight is 224 g/mol. The largest absolute Gasteiger partial charge is 0.337 e. The van der Waals surface area contributed by atoms with E-state index in [1.54, 1.807) is 9.80 Å². The third-order valence-electron chi connectivity index (χ3n) is 4.52. The van der Waals surface area contributed by atoms with E-state index in [4.69, 9.17) is 0 Å². The average Bonchev–Trinajstić information content (AvgIpc) is 2.31. The smallest absolute Gasteiger partial charge is 0.0981 e. The Kier molecular flexibility index (Phi) is 4.42. The fourth-order valence-corrected chi connectivity index (χ4v) is 3.27. The first-order valence-corrected chi connectivity index (χ1v) is 7.04.